The first-order chi connectivity index (χ1) is 18.9. The van der Waals surface area contributed by atoms with E-state index in [0.29, 0.717) is 18.5 Å². The monoisotopic (exact) mass is 529 g/mol. The molecule has 4 heterocycles. The summed E-state index contributed by atoms with van der Waals surface area (Å²) in [6, 6.07) is 18.5. The van der Waals surface area contributed by atoms with E-state index in [9.17, 15) is 14.3 Å². The molecule has 7 heteroatoms. The molecule has 3 aliphatic heterocycles. The Morgan fingerprint density at radius 1 is 0.923 bits per heavy atom. The van der Waals surface area contributed by atoms with Gasteiger partial charge in [0.25, 0.3) is 0 Å². The van der Waals surface area contributed by atoms with Crippen molar-refractivity contribution in [2.24, 2.45) is 5.41 Å². The Hall–Kier alpha value is -3.55. The number of fused-ring (bicyclic) bond motifs is 4. The first-order valence-electron chi connectivity index (χ1n) is 13.7. The average Bonchev–Trinajstić information content (AvgIpc) is 3.43. The van der Waals surface area contributed by atoms with Crippen LogP contribution in [0.3, 0.4) is 0 Å². The summed E-state index contributed by atoms with van der Waals surface area (Å²) in [5.41, 5.74) is 4.12. The van der Waals surface area contributed by atoms with Crippen molar-refractivity contribution in [3.05, 3.63) is 95.7 Å². The molecule has 0 aliphatic carbocycles. The van der Waals surface area contributed by atoms with Gasteiger partial charge in [-0.25, -0.2) is 8.78 Å². The number of nitrogens with zero attached hydrogens (tertiary/aromatic N) is 2. The van der Waals surface area contributed by atoms with Crippen LogP contribution in [0, 0.1) is 17.0 Å². The molecule has 3 fully saturated rings. The van der Waals surface area contributed by atoms with Gasteiger partial charge in [0.05, 0.1) is 0 Å². The Morgan fingerprint density at radius 3 is 2.33 bits per heavy atom. The largest absolute Gasteiger partial charge is 0.480 e. The molecule has 39 heavy (non-hydrogen) atoms. The number of rotatable bonds is 9. The molecule has 1 unspecified atom stereocenters. The van der Waals surface area contributed by atoms with Crippen LogP contribution in [0.25, 0.3) is 22.0 Å². The van der Waals surface area contributed by atoms with Crippen molar-refractivity contribution in [2.45, 2.75) is 44.8 Å². The van der Waals surface area contributed by atoms with Gasteiger partial charge in [-0.15, -0.1) is 0 Å². The molecule has 0 radical (unpaired) electrons. The van der Waals surface area contributed by atoms with E-state index >= 15 is 4.39 Å². The van der Waals surface area contributed by atoms with Crippen LogP contribution in [-0.4, -0.2) is 51.5 Å². The van der Waals surface area contributed by atoms with Crippen LogP contribution >= 0.6 is 0 Å². The summed E-state index contributed by atoms with van der Waals surface area (Å²) in [7, 11) is 0. The normalized spacial score (nSPS) is 21.5. The standard InChI is InChI=1S/C32H33F2N3O2/c33-27-5-1-22(2-6-27)20-37(30(31(38)39)19-32-10-14-36(15-11-32)16-12-32)21-26-18-23(3-7-28(26)34)24-4-8-29-25(17-24)9-13-35-29/h1-9,13,17-18,30,35H,10-12,14-16,19-21H2,(H,38,39). The Kier molecular flexibility index (Phi) is 6.95. The number of halogens is 2. The number of H-pyrrole nitrogens is 1. The molecule has 1 aromatic heterocycles. The molecule has 0 amide bonds. The minimum atomic E-state index is -0.894. The van der Waals surface area contributed by atoms with Crippen LogP contribution in [0.15, 0.2) is 72.9 Å². The molecule has 1 atom stereocenters. The van der Waals surface area contributed by atoms with E-state index < -0.39 is 12.0 Å². The molecule has 2 bridgehead atoms. The van der Waals surface area contributed by atoms with E-state index in [2.05, 4.69) is 16.0 Å². The predicted molar refractivity (Wildman–Crippen MR) is 148 cm³/mol. The van der Waals surface area contributed by atoms with Gasteiger partial charge in [0.1, 0.15) is 17.7 Å². The zero-order valence-corrected chi connectivity index (χ0v) is 21.9. The highest BCUT2D eigenvalue weighted by atomic mass is 19.1. The van der Waals surface area contributed by atoms with Gasteiger partial charge < -0.3 is 15.0 Å². The Balaban J connectivity index is 1.33. The fourth-order valence-corrected chi connectivity index (χ4v) is 6.41. The Labute approximate surface area is 227 Å². The van der Waals surface area contributed by atoms with E-state index in [-0.39, 0.29) is 23.6 Å². The first kappa shape index (κ1) is 25.7. The molecule has 0 spiro atoms. The molecular weight excluding hydrogens is 496 g/mol. The second-order valence-corrected chi connectivity index (χ2v) is 11.3. The van der Waals surface area contributed by atoms with Crippen molar-refractivity contribution in [3.8, 4) is 11.1 Å². The third-order valence-corrected chi connectivity index (χ3v) is 8.83. The maximum absolute atomic E-state index is 15.3. The van der Waals surface area contributed by atoms with Crippen molar-refractivity contribution >= 4 is 16.9 Å². The lowest BCUT2D eigenvalue weighted by Crippen LogP contribution is -2.52. The number of nitrogens with one attached hydrogen (secondary N) is 1. The zero-order valence-electron chi connectivity index (χ0n) is 21.9. The van der Waals surface area contributed by atoms with Crippen LogP contribution < -0.4 is 0 Å². The number of hydrogen-bond donors (Lipinski definition) is 2. The van der Waals surface area contributed by atoms with Crippen molar-refractivity contribution in [2.75, 3.05) is 19.6 Å². The highest BCUT2D eigenvalue weighted by molar-refractivity contribution is 5.85. The Morgan fingerprint density at radius 2 is 1.62 bits per heavy atom. The summed E-state index contributed by atoms with van der Waals surface area (Å²) >= 11 is 0. The van der Waals surface area contributed by atoms with Crippen LogP contribution in [0.4, 0.5) is 8.78 Å². The van der Waals surface area contributed by atoms with Gasteiger partial charge in [-0.1, -0.05) is 24.3 Å². The highest BCUT2D eigenvalue weighted by Crippen LogP contribution is 2.44. The fourth-order valence-electron chi connectivity index (χ4n) is 6.41. The third kappa shape index (κ3) is 5.47. The lowest BCUT2D eigenvalue weighted by Gasteiger charge is -2.50. The van der Waals surface area contributed by atoms with E-state index in [1.165, 1.54) is 18.2 Å². The number of aromatic nitrogens is 1. The van der Waals surface area contributed by atoms with Gasteiger partial charge in [-0.05, 0) is 115 Å². The van der Waals surface area contributed by atoms with E-state index in [1.807, 2.05) is 35.4 Å². The molecule has 0 saturated carbocycles. The average molecular weight is 530 g/mol. The van der Waals surface area contributed by atoms with Crippen LogP contribution in [0.2, 0.25) is 0 Å². The Bertz CT molecular complexity index is 1460. The van der Waals surface area contributed by atoms with Crippen LogP contribution in [0.1, 0.15) is 36.8 Å². The van der Waals surface area contributed by atoms with Gasteiger partial charge in [0.15, 0.2) is 0 Å². The van der Waals surface area contributed by atoms with Crippen LogP contribution in [-0.2, 0) is 17.9 Å². The third-order valence-electron chi connectivity index (χ3n) is 8.83. The summed E-state index contributed by atoms with van der Waals surface area (Å²) in [5, 5.41) is 11.5. The number of benzene rings is 3. The molecule has 5 nitrogen and oxygen atoms in total. The summed E-state index contributed by atoms with van der Waals surface area (Å²) in [6.45, 7) is 3.45. The molecule has 2 N–H and O–H groups in total. The number of carbonyl (C=O) groups is 1. The molecule has 7 rings (SSSR count). The maximum Gasteiger partial charge on any atom is 0.320 e. The molecule has 202 valence electrons. The summed E-state index contributed by atoms with van der Waals surface area (Å²) in [5.74, 6) is -1.60. The molecule has 4 aromatic rings. The van der Waals surface area contributed by atoms with Crippen LogP contribution in [0.5, 0.6) is 0 Å². The molecular formula is C32H33F2N3O2. The highest BCUT2D eigenvalue weighted by Gasteiger charge is 2.43. The molecule has 3 aliphatic rings. The summed E-state index contributed by atoms with van der Waals surface area (Å²) < 4.78 is 28.9. The van der Waals surface area contributed by atoms with E-state index in [1.54, 1.807) is 18.2 Å². The van der Waals surface area contributed by atoms with Gasteiger partial charge in [0, 0.05) is 30.4 Å². The quantitative estimate of drug-likeness (QED) is 0.262. The first-order valence-corrected chi connectivity index (χ1v) is 13.7. The summed E-state index contributed by atoms with van der Waals surface area (Å²) in [6.07, 6.45) is 5.40. The molecule has 3 saturated heterocycles. The number of aromatic amines is 1. The SMILES string of the molecule is O=C(O)C(CC12CCN(CC1)CC2)N(Cc1ccc(F)cc1)Cc1cc(-c2ccc3[nH]ccc3c2)ccc1F. The number of carboxylic acids is 1. The van der Waals surface area contributed by atoms with Gasteiger partial charge in [-0.2, -0.15) is 0 Å². The van der Waals surface area contributed by atoms with Crippen molar-refractivity contribution in [1.29, 1.82) is 0 Å². The number of piperidine rings is 3. The zero-order chi connectivity index (χ0) is 27.0. The minimum Gasteiger partial charge on any atom is -0.480 e. The maximum atomic E-state index is 15.3. The van der Waals surface area contributed by atoms with Crippen molar-refractivity contribution < 1.29 is 18.7 Å². The second kappa shape index (κ2) is 10.5. The lowest BCUT2D eigenvalue weighted by atomic mass is 9.68. The molecule has 3 aromatic carbocycles. The second-order valence-electron chi connectivity index (χ2n) is 11.3. The smallest absolute Gasteiger partial charge is 0.320 e. The van der Waals surface area contributed by atoms with Crippen molar-refractivity contribution in [1.82, 2.24) is 14.8 Å². The number of hydrogen-bond acceptors (Lipinski definition) is 3. The van der Waals surface area contributed by atoms with E-state index in [4.69, 9.17) is 0 Å². The fraction of sp³-hybridized carbons (Fsp3) is 0.344. The predicted octanol–water partition coefficient (Wildman–Crippen LogP) is 6.44. The number of aliphatic carboxylic acids is 1. The van der Waals surface area contributed by atoms with Gasteiger partial charge in [0.2, 0.25) is 0 Å². The topological polar surface area (TPSA) is 59.6 Å². The van der Waals surface area contributed by atoms with E-state index in [0.717, 1.165) is 66.5 Å². The lowest BCUT2D eigenvalue weighted by molar-refractivity contribution is -0.146. The minimum absolute atomic E-state index is 0.00871. The van der Waals surface area contributed by atoms with Gasteiger partial charge >= 0.3 is 5.97 Å². The van der Waals surface area contributed by atoms with Crippen molar-refractivity contribution in [3.63, 3.8) is 0 Å². The number of carboxylic acid groups (broad SMARTS) is 1. The van der Waals surface area contributed by atoms with Gasteiger partial charge in [-0.3, -0.25) is 9.69 Å². The summed E-state index contributed by atoms with van der Waals surface area (Å²) in [4.78, 5) is 20.3.